The second-order valence-electron chi connectivity index (χ2n) is 7.69. The summed E-state index contributed by atoms with van der Waals surface area (Å²) in [5.41, 5.74) is 2.86. The van der Waals surface area contributed by atoms with Crippen molar-refractivity contribution in [3.8, 4) is 11.5 Å². The number of benzene rings is 2. The molecule has 0 saturated heterocycles. The van der Waals surface area contributed by atoms with Crippen LogP contribution in [0.3, 0.4) is 0 Å². The van der Waals surface area contributed by atoms with Crippen molar-refractivity contribution in [3.63, 3.8) is 0 Å². The second kappa shape index (κ2) is 13.6. The molecule has 0 radical (unpaired) electrons. The maximum absolute atomic E-state index is 11.0. The minimum Gasteiger partial charge on any atom is -0.505 e. The first-order chi connectivity index (χ1) is 19.2. The van der Waals surface area contributed by atoms with Crippen molar-refractivity contribution >= 4 is 125 Å². The van der Waals surface area contributed by atoms with Gasteiger partial charge in [-0.1, -0.05) is 69.6 Å². The van der Waals surface area contributed by atoms with E-state index in [1.807, 2.05) is 0 Å². The maximum atomic E-state index is 11.0. The zero-order chi connectivity index (χ0) is 28.8. The van der Waals surface area contributed by atoms with Gasteiger partial charge in [-0.3, -0.25) is 19.9 Å². The molecule has 6 rings (SSSR count). The number of phenols is 2. The van der Waals surface area contributed by atoms with Crippen LogP contribution >= 0.6 is 69.6 Å². The van der Waals surface area contributed by atoms with Gasteiger partial charge in [0.1, 0.15) is 22.4 Å². The third kappa shape index (κ3) is 6.66. The number of phenolic OH excluding ortho intramolecular Hbond substituents is 2. The van der Waals surface area contributed by atoms with E-state index in [0.29, 0.717) is 43.6 Å². The first-order valence-corrected chi connectivity index (χ1v) is 13.8. The Bertz CT molecular complexity index is 1700. The summed E-state index contributed by atoms with van der Waals surface area (Å²) in [6.45, 7) is 0. The molecule has 40 heavy (non-hydrogen) atoms. The predicted molar refractivity (Wildman–Crippen MR) is 164 cm³/mol. The van der Waals surface area contributed by atoms with E-state index in [1.165, 1.54) is 0 Å². The summed E-state index contributed by atoms with van der Waals surface area (Å²) in [4.78, 5) is 17.6. The van der Waals surface area contributed by atoms with Crippen LogP contribution in [0.4, 0.5) is 11.4 Å². The molecule has 0 aliphatic rings. The third-order valence-corrected chi connectivity index (χ3v) is 5.40. The van der Waals surface area contributed by atoms with E-state index in [9.17, 15) is 10.2 Å². The second-order valence-corrected chi connectivity index (χ2v) is 11.6. The van der Waals surface area contributed by atoms with Crippen LogP contribution in [0, 0.1) is 0 Å². The van der Waals surface area contributed by atoms with Crippen LogP contribution in [-0.4, -0.2) is 38.7 Å². The molecule has 0 aliphatic carbocycles. The highest BCUT2D eigenvalue weighted by molar-refractivity contribution is 6.63. The Balaban J connectivity index is 0.000000412. The van der Waals surface area contributed by atoms with Crippen LogP contribution in [0.2, 0.25) is 0 Å². The summed E-state index contributed by atoms with van der Waals surface area (Å²) < 4.78 is -1.50. The molecule has 0 unspecified atom stereocenters. The van der Waals surface area contributed by atoms with Crippen molar-refractivity contribution in [2.45, 2.75) is 8.59 Å². The zero-order valence-corrected chi connectivity index (χ0v) is 24.5. The Hall–Kier alpha value is -2.98. The molecule has 0 bridgehead atoms. The van der Waals surface area contributed by atoms with E-state index in [2.05, 4.69) is 30.2 Å². The molecule has 0 amide bonds. The Labute approximate surface area is 257 Å². The lowest BCUT2D eigenvalue weighted by Gasteiger charge is -2.10. The molecule has 2 aromatic carbocycles. The number of aromatic hydroxyl groups is 2. The SMILES string of the molecule is ClC(Cl)Cl.ClC(Cl)Cl.Oc1c(N=Nc2c(O)c3cccnc3c3ncccc23)c2cccnc2c2ncccc12. The number of rotatable bonds is 2. The number of fused-ring (bicyclic) bond motifs is 6. The monoisotopic (exact) mass is 654 g/mol. The van der Waals surface area contributed by atoms with Crippen LogP contribution in [0.1, 0.15) is 0 Å². The minimum atomic E-state index is -0.750. The van der Waals surface area contributed by atoms with Gasteiger partial charge in [0.2, 0.25) is 0 Å². The number of alkyl halides is 6. The molecule has 4 heterocycles. The lowest BCUT2D eigenvalue weighted by atomic mass is 10.1. The molecule has 0 aliphatic heterocycles. The van der Waals surface area contributed by atoms with Crippen LogP contribution in [0.15, 0.2) is 83.5 Å². The van der Waals surface area contributed by atoms with Gasteiger partial charge in [-0.05, 0) is 48.5 Å². The summed E-state index contributed by atoms with van der Waals surface area (Å²) in [7, 11) is 0. The minimum absolute atomic E-state index is 0.0540. The van der Waals surface area contributed by atoms with E-state index in [4.69, 9.17) is 69.6 Å². The maximum Gasteiger partial charge on any atom is 0.180 e. The molecule has 204 valence electrons. The van der Waals surface area contributed by atoms with Crippen LogP contribution in [0.25, 0.3) is 43.6 Å². The van der Waals surface area contributed by atoms with Crippen molar-refractivity contribution in [3.05, 3.63) is 73.3 Å². The summed E-state index contributed by atoms with van der Waals surface area (Å²) >= 11 is 28.8. The first kappa shape index (κ1) is 30.0. The Morgan fingerprint density at radius 3 is 1.02 bits per heavy atom. The quantitative estimate of drug-likeness (QED) is 0.109. The first-order valence-electron chi connectivity index (χ1n) is 11.2. The van der Waals surface area contributed by atoms with Crippen LogP contribution < -0.4 is 0 Å². The highest BCUT2D eigenvalue weighted by Crippen LogP contribution is 2.45. The molecule has 0 saturated carbocycles. The molecule has 6 aromatic rings. The topological polar surface area (TPSA) is 117 Å². The fourth-order valence-electron chi connectivity index (χ4n) is 3.95. The van der Waals surface area contributed by atoms with Gasteiger partial charge in [0.05, 0.1) is 11.0 Å². The van der Waals surface area contributed by atoms with E-state index in [1.54, 1.807) is 73.3 Å². The van der Waals surface area contributed by atoms with Crippen LogP contribution in [-0.2, 0) is 0 Å². The summed E-state index contributed by atoms with van der Waals surface area (Å²) in [6.07, 6.45) is 6.63. The molecule has 2 N–H and O–H groups in total. The van der Waals surface area contributed by atoms with Gasteiger partial charge in [0.15, 0.2) is 20.1 Å². The molecular formula is C26H16Cl6N6O2. The van der Waals surface area contributed by atoms with E-state index in [-0.39, 0.29) is 22.9 Å². The van der Waals surface area contributed by atoms with E-state index < -0.39 is 8.59 Å². The van der Waals surface area contributed by atoms with Gasteiger partial charge in [0.25, 0.3) is 0 Å². The zero-order valence-electron chi connectivity index (χ0n) is 19.9. The smallest absolute Gasteiger partial charge is 0.180 e. The van der Waals surface area contributed by atoms with Gasteiger partial charge >= 0.3 is 0 Å². The standard InChI is InChI=1S/C24H14N6O2.2CHCl3/c31-23-15-7-3-11-27-19(15)17-13(5-1-9-25-17)21(23)29-30-22-14-6-2-10-26-18(14)20-16(24(22)32)8-4-12-28-20;2*2-1(3)4/h1-12,31-32H;2*1H. The number of nitrogens with zero attached hydrogens (tertiary/aromatic N) is 6. The number of azo groups is 1. The van der Waals surface area contributed by atoms with Crippen LogP contribution in [0.5, 0.6) is 11.5 Å². The van der Waals surface area contributed by atoms with Crippen molar-refractivity contribution in [2.75, 3.05) is 0 Å². The van der Waals surface area contributed by atoms with Crippen molar-refractivity contribution < 1.29 is 10.2 Å². The molecule has 8 nitrogen and oxygen atoms in total. The van der Waals surface area contributed by atoms with Gasteiger partial charge in [-0.25, -0.2) is 0 Å². The van der Waals surface area contributed by atoms with Gasteiger partial charge in [0, 0.05) is 46.3 Å². The average molecular weight is 657 g/mol. The lowest BCUT2D eigenvalue weighted by molar-refractivity contribution is 0.481. The van der Waals surface area contributed by atoms with Gasteiger partial charge in [-0.15, -0.1) is 10.2 Å². The van der Waals surface area contributed by atoms with Crippen molar-refractivity contribution in [1.29, 1.82) is 0 Å². The highest BCUT2D eigenvalue weighted by Gasteiger charge is 2.18. The van der Waals surface area contributed by atoms with Crippen molar-refractivity contribution in [2.24, 2.45) is 10.2 Å². The molecule has 14 heteroatoms. The largest absolute Gasteiger partial charge is 0.505 e. The fraction of sp³-hybridized carbons (Fsp3) is 0.0769. The molecule has 0 atom stereocenters. The highest BCUT2D eigenvalue weighted by atomic mass is 35.6. The fourth-order valence-corrected chi connectivity index (χ4v) is 3.95. The predicted octanol–water partition coefficient (Wildman–Crippen LogP) is 9.68. The molecular weight excluding hydrogens is 641 g/mol. The normalized spacial score (nSPS) is 11.3. The number of aromatic nitrogens is 4. The summed E-state index contributed by atoms with van der Waals surface area (Å²) in [5.74, 6) is -0.108. The van der Waals surface area contributed by atoms with Crippen molar-refractivity contribution in [1.82, 2.24) is 19.9 Å². The summed E-state index contributed by atoms with van der Waals surface area (Å²) in [5, 5.41) is 32.9. The van der Waals surface area contributed by atoms with Gasteiger partial charge in [-0.2, -0.15) is 0 Å². The third-order valence-electron chi connectivity index (χ3n) is 5.40. The number of hydrogen-bond donors (Lipinski definition) is 2. The molecule has 0 spiro atoms. The van der Waals surface area contributed by atoms with Gasteiger partial charge < -0.3 is 10.2 Å². The summed E-state index contributed by atoms with van der Waals surface area (Å²) in [6, 6.07) is 14.1. The number of halogens is 6. The average Bonchev–Trinajstić information content (AvgIpc) is 2.94. The molecule has 0 fully saturated rings. The Morgan fingerprint density at radius 1 is 0.475 bits per heavy atom. The van der Waals surface area contributed by atoms with E-state index in [0.717, 1.165) is 0 Å². The molecule has 4 aromatic heterocycles. The number of pyridine rings is 4. The lowest BCUT2D eigenvalue weighted by Crippen LogP contribution is -1.87. The Kier molecular flexibility index (Phi) is 10.2. The van der Waals surface area contributed by atoms with E-state index >= 15 is 0 Å². The Morgan fingerprint density at radius 2 is 0.725 bits per heavy atom. The number of hydrogen-bond acceptors (Lipinski definition) is 8.